The molecule has 0 aromatic rings. The lowest BCUT2D eigenvalue weighted by molar-refractivity contribution is -0.142. The minimum atomic E-state index is -1.05. The van der Waals surface area contributed by atoms with Gasteiger partial charge < -0.3 is 15.7 Å². The maximum absolute atomic E-state index is 11.7. The van der Waals surface area contributed by atoms with E-state index in [0.29, 0.717) is 12.2 Å². The van der Waals surface area contributed by atoms with Gasteiger partial charge in [0.05, 0.1) is 0 Å². The van der Waals surface area contributed by atoms with Gasteiger partial charge in [0.15, 0.2) is 0 Å². The summed E-state index contributed by atoms with van der Waals surface area (Å²) in [5.41, 5.74) is 0. The normalized spacial score (nSPS) is 21.1. The van der Waals surface area contributed by atoms with Gasteiger partial charge >= 0.3 is 5.97 Å². The Hall–Kier alpha value is -1.24. The number of hydrogen-bond acceptors (Lipinski definition) is 4. The minimum absolute atomic E-state index is 0.170. The second-order valence-electron chi connectivity index (χ2n) is 4.32. The van der Waals surface area contributed by atoms with E-state index in [9.17, 15) is 14.4 Å². The number of carboxylic acids is 1. The van der Waals surface area contributed by atoms with Crippen molar-refractivity contribution in [2.24, 2.45) is 5.92 Å². The van der Waals surface area contributed by atoms with E-state index >= 15 is 0 Å². The van der Waals surface area contributed by atoms with Gasteiger partial charge in [0, 0.05) is 5.75 Å². The third kappa shape index (κ3) is 4.26. The molecule has 1 saturated heterocycles. The van der Waals surface area contributed by atoms with Gasteiger partial charge in [-0.15, -0.1) is 0 Å². The highest BCUT2D eigenvalue weighted by atomic mass is 32.2. The molecule has 2 unspecified atom stereocenters. The van der Waals surface area contributed by atoms with Crippen molar-refractivity contribution in [3.8, 4) is 0 Å². The molecule has 1 rings (SSSR count). The molecule has 2 amide bonds. The van der Waals surface area contributed by atoms with Crippen LogP contribution in [-0.2, 0) is 9.59 Å². The standard InChI is InChI=1S/C10H16N2O4S/c1-5(2)3-6(9(14)15)11-8(13)7-4-17-10(16)12-7/h5-7H,3-4H2,1-2H3,(H,11,13)(H,12,16)(H,14,15). The molecule has 17 heavy (non-hydrogen) atoms. The Morgan fingerprint density at radius 1 is 1.59 bits per heavy atom. The number of hydrogen-bond donors (Lipinski definition) is 3. The lowest BCUT2D eigenvalue weighted by Crippen LogP contribution is -2.49. The zero-order chi connectivity index (χ0) is 13.0. The van der Waals surface area contributed by atoms with E-state index in [0.717, 1.165) is 11.8 Å². The molecule has 0 aromatic heterocycles. The van der Waals surface area contributed by atoms with Crippen LogP contribution in [0, 0.1) is 5.92 Å². The van der Waals surface area contributed by atoms with Crippen molar-refractivity contribution in [2.75, 3.05) is 5.75 Å². The molecule has 0 saturated carbocycles. The van der Waals surface area contributed by atoms with Crippen molar-refractivity contribution in [3.05, 3.63) is 0 Å². The number of aliphatic carboxylic acids is 1. The first-order valence-corrected chi connectivity index (χ1v) is 6.35. The molecular weight excluding hydrogens is 244 g/mol. The maximum atomic E-state index is 11.7. The lowest BCUT2D eigenvalue weighted by Gasteiger charge is -2.18. The van der Waals surface area contributed by atoms with Gasteiger partial charge in [-0.25, -0.2) is 4.79 Å². The van der Waals surface area contributed by atoms with Crippen LogP contribution in [0.15, 0.2) is 0 Å². The molecule has 6 nitrogen and oxygen atoms in total. The summed E-state index contributed by atoms with van der Waals surface area (Å²) in [4.78, 5) is 33.5. The van der Waals surface area contributed by atoms with Crippen molar-refractivity contribution >= 4 is 28.9 Å². The van der Waals surface area contributed by atoms with Crippen molar-refractivity contribution in [3.63, 3.8) is 0 Å². The summed E-state index contributed by atoms with van der Waals surface area (Å²) in [6.07, 6.45) is 0.370. The maximum Gasteiger partial charge on any atom is 0.326 e. The van der Waals surface area contributed by atoms with Gasteiger partial charge in [0.25, 0.3) is 5.24 Å². The fraction of sp³-hybridized carbons (Fsp3) is 0.700. The number of nitrogens with one attached hydrogen (secondary N) is 2. The monoisotopic (exact) mass is 260 g/mol. The smallest absolute Gasteiger partial charge is 0.326 e. The second-order valence-corrected chi connectivity index (χ2v) is 5.32. The number of thioether (sulfide) groups is 1. The fourth-order valence-electron chi connectivity index (χ4n) is 1.49. The van der Waals surface area contributed by atoms with Gasteiger partial charge in [-0.2, -0.15) is 0 Å². The Bertz CT molecular complexity index is 332. The summed E-state index contributed by atoms with van der Waals surface area (Å²) in [5.74, 6) is -0.969. The van der Waals surface area contributed by atoms with Crippen LogP contribution in [0.3, 0.4) is 0 Å². The second kappa shape index (κ2) is 5.90. The molecule has 2 atom stereocenters. The van der Waals surface area contributed by atoms with E-state index in [1.165, 1.54) is 0 Å². The molecule has 1 fully saturated rings. The van der Waals surface area contributed by atoms with Gasteiger partial charge in [0.2, 0.25) is 5.91 Å². The van der Waals surface area contributed by atoms with Crippen molar-refractivity contribution in [1.82, 2.24) is 10.6 Å². The molecule has 1 aliphatic heterocycles. The molecular formula is C10H16N2O4S. The van der Waals surface area contributed by atoms with Gasteiger partial charge in [-0.3, -0.25) is 9.59 Å². The molecule has 0 aliphatic carbocycles. The van der Waals surface area contributed by atoms with E-state index in [4.69, 9.17) is 5.11 Å². The van der Waals surface area contributed by atoms with Crippen LogP contribution in [0.2, 0.25) is 0 Å². The van der Waals surface area contributed by atoms with Crippen LogP contribution in [0.1, 0.15) is 20.3 Å². The van der Waals surface area contributed by atoms with E-state index in [1.54, 1.807) is 0 Å². The highest BCUT2D eigenvalue weighted by molar-refractivity contribution is 8.14. The number of amides is 2. The molecule has 0 spiro atoms. The Morgan fingerprint density at radius 3 is 2.65 bits per heavy atom. The van der Waals surface area contributed by atoms with Crippen LogP contribution in [0.4, 0.5) is 4.79 Å². The predicted octanol–water partition coefficient (Wildman–Crippen LogP) is 0.427. The zero-order valence-electron chi connectivity index (χ0n) is 9.73. The molecule has 0 bridgehead atoms. The van der Waals surface area contributed by atoms with Crippen LogP contribution in [0.25, 0.3) is 0 Å². The van der Waals surface area contributed by atoms with Crippen LogP contribution < -0.4 is 10.6 Å². The molecule has 0 radical (unpaired) electrons. The number of carbonyl (C=O) groups excluding carboxylic acids is 2. The summed E-state index contributed by atoms with van der Waals surface area (Å²) in [6, 6.07) is -1.52. The predicted molar refractivity (Wildman–Crippen MR) is 63.8 cm³/mol. The first-order valence-electron chi connectivity index (χ1n) is 5.36. The summed E-state index contributed by atoms with van der Waals surface area (Å²) < 4.78 is 0. The first-order chi connectivity index (χ1) is 7.90. The SMILES string of the molecule is CC(C)CC(NC(=O)C1CSC(=O)N1)C(=O)O. The third-order valence-electron chi connectivity index (χ3n) is 2.31. The highest BCUT2D eigenvalue weighted by Crippen LogP contribution is 2.13. The molecule has 0 aromatic carbocycles. The van der Waals surface area contributed by atoms with E-state index in [-0.39, 0.29) is 11.2 Å². The fourth-order valence-corrected chi connectivity index (χ4v) is 2.27. The largest absolute Gasteiger partial charge is 0.480 e. The Balaban J connectivity index is 2.52. The highest BCUT2D eigenvalue weighted by Gasteiger charge is 2.31. The first kappa shape index (κ1) is 13.8. The molecule has 1 heterocycles. The average Bonchev–Trinajstić information content (AvgIpc) is 2.63. The number of carboxylic acid groups (broad SMARTS) is 1. The topological polar surface area (TPSA) is 95.5 Å². The third-order valence-corrected chi connectivity index (χ3v) is 3.19. The van der Waals surface area contributed by atoms with E-state index in [1.807, 2.05) is 13.8 Å². The molecule has 1 aliphatic rings. The summed E-state index contributed by atoms with van der Waals surface area (Å²) in [5, 5.41) is 13.6. The van der Waals surface area contributed by atoms with Gasteiger partial charge in [0.1, 0.15) is 12.1 Å². The molecule has 3 N–H and O–H groups in total. The zero-order valence-corrected chi connectivity index (χ0v) is 10.5. The van der Waals surface area contributed by atoms with Gasteiger partial charge in [-0.1, -0.05) is 25.6 Å². The van der Waals surface area contributed by atoms with Crippen molar-refractivity contribution in [1.29, 1.82) is 0 Å². The van der Waals surface area contributed by atoms with E-state index < -0.39 is 24.0 Å². The Labute approximate surface area is 104 Å². The van der Waals surface area contributed by atoms with Crippen molar-refractivity contribution in [2.45, 2.75) is 32.4 Å². The molecule has 96 valence electrons. The van der Waals surface area contributed by atoms with Gasteiger partial charge in [-0.05, 0) is 12.3 Å². The summed E-state index contributed by atoms with van der Waals surface area (Å²) >= 11 is 1.02. The number of carbonyl (C=O) groups is 3. The Morgan fingerprint density at radius 2 is 2.24 bits per heavy atom. The lowest BCUT2D eigenvalue weighted by atomic mass is 10.0. The molecule has 7 heteroatoms. The van der Waals surface area contributed by atoms with E-state index in [2.05, 4.69) is 10.6 Å². The van der Waals surface area contributed by atoms with Crippen molar-refractivity contribution < 1.29 is 19.5 Å². The Kier molecular flexibility index (Phi) is 4.80. The number of rotatable bonds is 5. The minimum Gasteiger partial charge on any atom is -0.480 e. The van der Waals surface area contributed by atoms with Crippen LogP contribution in [0.5, 0.6) is 0 Å². The quantitative estimate of drug-likeness (QED) is 0.666. The summed E-state index contributed by atoms with van der Waals surface area (Å²) in [6.45, 7) is 3.77. The van der Waals surface area contributed by atoms with Crippen LogP contribution >= 0.6 is 11.8 Å². The van der Waals surface area contributed by atoms with Crippen LogP contribution in [-0.4, -0.2) is 40.1 Å². The summed E-state index contributed by atoms with van der Waals surface area (Å²) in [7, 11) is 0. The average molecular weight is 260 g/mol.